The highest BCUT2D eigenvalue weighted by atomic mass is 19.4. The Hall–Kier alpha value is -10.3. The summed E-state index contributed by atoms with van der Waals surface area (Å²) in [6.45, 7) is 0. The van der Waals surface area contributed by atoms with Crippen molar-refractivity contribution in [2.75, 3.05) is 0 Å². The minimum absolute atomic E-state index is 0.483. The maximum Gasteiger partial charge on any atom is 0.416 e. The molecule has 0 fully saturated rings. The lowest BCUT2D eigenvalue weighted by Crippen LogP contribution is -2.04. The van der Waals surface area contributed by atoms with Gasteiger partial charge in [-0.25, -0.2) is 0 Å². The predicted molar refractivity (Wildman–Crippen MR) is 334 cm³/mol. The maximum absolute atomic E-state index is 14.4. The molecule has 17 rings (SSSR count). The molecule has 0 saturated carbocycles. The summed E-state index contributed by atoms with van der Waals surface area (Å²) in [7, 11) is 0. The summed E-state index contributed by atoms with van der Waals surface area (Å²) in [5, 5.41) is 13.0. The van der Waals surface area contributed by atoms with Crippen LogP contribution in [0.1, 0.15) is 11.1 Å². The van der Waals surface area contributed by atoms with Crippen molar-refractivity contribution < 1.29 is 26.3 Å². The van der Waals surface area contributed by atoms with E-state index in [1.807, 2.05) is 60.7 Å². The normalized spacial score (nSPS) is 12.6. The molecule has 2 aliphatic rings. The highest BCUT2D eigenvalue weighted by Crippen LogP contribution is 2.64. The highest BCUT2D eigenvalue weighted by Gasteiger charge is 2.37. The predicted octanol–water partition coefficient (Wildman–Crippen LogP) is 23.4. The molecule has 0 radical (unpaired) electrons. The summed E-state index contributed by atoms with van der Waals surface area (Å²) in [4.78, 5) is 0. The Labute approximate surface area is 478 Å². The maximum atomic E-state index is 14.4. The second-order valence-electron chi connectivity index (χ2n) is 22.2. The van der Waals surface area contributed by atoms with Crippen molar-refractivity contribution in [3.8, 4) is 111 Å². The zero-order chi connectivity index (χ0) is 56.3. The first-order valence-electron chi connectivity index (χ1n) is 28.1. The molecule has 0 aliphatic heterocycles. The first-order chi connectivity index (χ1) is 41.0. The zero-order valence-corrected chi connectivity index (χ0v) is 44.5. The molecule has 2 aliphatic carbocycles. The van der Waals surface area contributed by atoms with Crippen LogP contribution in [0, 0.1) is 0 Å². The van der Waals surface area contributed by atoms with Crippen LogP contribution in [-0.4, -0.2) is 0 Å². The van der Waals surface area contributed by atoms with Crippen molar-refractivity contribution in [1.29, 1.82) is 0 Å². The van der Waals surface area contributed by atoms with Crippen LogP contribution in [-0.2, 0) is 12.4 Å². The van der Waals surface area contributed by atoms with Crippen LogP contribution in [0.4, 0.5) is 26.3 Å². The van der Waals surface area contributed by atoms with Crippen molar-refractivity contribution in [2.45, 2.75) is 12.4 Å². The molecule has 15 aromatic carbocycles. The fourth-order valence-corrected chi connectivity index (χ4v) is 14.7. The van der Waals surface area contributed by atoms with Crippen molar-refractivity contribution in [1.82, 2.24) is 0 Å². The molecular weight excluding hydrogens is 1050 g/mol. The summed E-state index contributed by atoms with van der Waals surface area (Å²) in [6, 6.07) is 83.1. The van der Waals surface area contributed by atoms with Crippen LogP contribution in [0.5, 0.6) is 0 Å². The Morgan fingerprint density at radius 3 is 0.810 bits per heavy atom. The number of alkyl halides is 6. The fraction of sp³-hybridized carbons (Fsp3) is 0.0256. The van der Waals surface area contributed by atoms with E-state index in [9.17, 15) is 26.3 Å². The van der Waals surface area contributed by atoms with E-state index in [-0.39, 0.29) is 0 Å². The molecule has 0 amide bonds. The first kappa shape index (κ1) is 48.4. The molecule has 6 heteroatoms. The third kappa shape index (κ3) is 6.79. The second-order valence-corrected chi connectivity index (χ2v) is 22.2. The SMILES string of the molecule is FC(F)(F)c1cccc(-c2ccccc2-c2c3c(c(-c4ccccc4)c4ccccc24)-c2ccc4c5ccc6c7c(ccc(c8ccc-3c2c48)c75)-c2c-6c(-c3ccccc3-c3cccc(C(F)(F)F)c3)c3ccccc3c2-c2ccccc2)c1. The van der Waals surface area contributed by atoms with Gasteiger partial charge in [0.25, 0.3) is 0 Å². The smallest absolute Gasteiger partial charge is 0.166 e. The summed E-state index contributed by atoms with van der Waals surface area (Å²) < 4.78 is 86.6. The molecule has 0 aromatic heterocycles. The van der Waals surface area contributed by atoms with Crippen molar-refractivity contribution >= 4 is 64.6 Å². The Morgan fingerprint density at radius 2 is 0.464 bits per heavy atom. The number of rotatable bonds is 6. The zero-order valence-electron chi connectivity index (χ0n) is 44.5. The van der Waals surface area contributed by atoms with E-state index in [1.165, 1.54) is 24.3 Å². The standard InChI is InChI=1S/C78H42F6/c79-77(80,81)47-23-15-21-45(41-47)49-25-7-9-27-51(49)69-55-31-13-11-29-53(55)65(43-17-3-1-4-18-43)73-61-37-33-57-60-36-40-64-72-62(38-34-58(68(60)72)59-35-39-63(75(69)73)71(61)67(57)59)74-66(44-19-5-2-6-20-44)54-30-12-14-32-56(54)70(76(64)74)52-28-10-8-26-50(52)46-22-16-24-48(42-46)78(82,83)84/h1-42H. The van der Waals surface area contributed by atoms with Crippen LogP contribution in [0.25, 0.3) is 176 Å². The van der Waals surface area contributed by atoms with E-state index in [4.69, 9.17) is 0 Å². The molecule has 0 nitrogen and oxygen atoms in total. The molecule has 0 saturated heterocycles. The summed E-state index contributed by atoms with van der Waals surface area (Å²) in [5.41, 5.74) is 17.5. The molecule has 84 heavy (non-hydrogen) atoms. The lowest BCUT2D eigenvalue weighted by Gasteiger charge is -2.22. The van der Waals surface area contributed by atoms with Crippen LogP contribution in [0.15, 0.2) is 255 Å². The van der Waals surface area contributed by atoms with E-state index in [1.54, 1.807) is 12.1 Å². The van der Waals surface area contributed by atoms with E-state index in [2.05, 4.69) is 146 Å². The Balaban J connectivity index is 0.965. The van der Waals surface area contributed by atoms with Gasteiger partial charge in [-0.2, -0.15) is 26.3 Å². The van der Waals surface area contributed by atoms with E-state index in [0.29, 0.717) is 22.3 Å². The van der Waals surface area contributed by atoms with Crippen LogP contribution in [0.2, 0.25) is 0 Å². The summed E-state index contributed by atoms with van der Waals surface area (Å²) >= 11 is 0. The topological polar surface area (TPSA) is 0 Å². The summed E-state index contributed by atoms with van der Waals surface area (Å²) in [6.07, 6.45) is -9.04. The van der Waals surface area contributed by atoms with Crippen molar-refractivity contribution in [2.24, 2.45) is 0 Å². The number of hydrogen-bond acceptors (Lipinski definition) is 0. The van der Waals surface area contributed by atoms with Crippen LogP contribution < -0.4 is 0 Å². The number of halogens is 6. The Kier molecular flexibility index (Phi) is 10.1. The van der Waals surface area contributed by atoms with E-state index in [0.717, 1.165) is 166 Å². The Bertz CT molecular complexity index is 4970. The van der Waals surface area contributed by atoms with Gasteiger partial charge in [0.2, 0.25) is 0 Å². The van der Waals surface area contributed by atoms with Gasteiger partial charge in [-0.15, -0.1) is 0 Å². The first-order valence-corrected chi connectivity index (χ1v) is 28.1. The van der Waals surface area contributed by atoms with Crippen LogP contribution >= 0.6 is 0 Å². The van der Waals surface area contributed by atoms with Gasteiger partial charge in [-0.3, -0.25) is 0 Å². The van der Waals surface area contributed by atoms with Gasteiger partial charge in [-0.1, -0.05) is 231 Å². The van der Waals surface area contributed by atoms with Gasteiger partial charge in [0.15, 0.2) is 0 Å². The minimum Gasteiger partial charge on any atom is -0.166 e. The van der Waals surface area contributed by atoms with Gasteiger partial charge in [0.1, 0.15) is 0 Å². The van der Waals surface area contributed by atoms with Crippen molar-refractivity contribution in [3.05, 3.63) is 266 Å². The fourth-order valence-electron chi connectivity index (χ4n) is 14.7. The van der Waals surface area contributed by atoms with Gasteiger partial charge in [0, 0.05) is 0 Å². The monoisotopic (exact) mass is 1090 g/mol. The average molecular weight is 1090 g/mol. The molecule has 0 atom stereocenters. The van der Waals surface area contributed by atoms with Gasteiger partial charge in [0.05, 0.1) is 11.1 Å². The summed E-state index contributed by atoms with van der Waals surface area (Å²) in [5.74, 6) is 0. The van der Waals surface area contributed by atoms with Gasteiger partial charge in [-0.05, 0) is 200 Å². The highest BCUT2D eigenvalue weighted by molar-refractivity contribution is 6.42. The lowest BCUT2D eigenvalue weighted by atomic mass is 9.81. The van der Waals surface area contributed by atoms with Crippen LogP contribution in [0.3, 0.4) is 0 Å². The van der Waals surface area contributed by atoms with Gasteiger partial charge >= 0.3 is 12.4 Å². The molecule has 0 heterocycles. The largest absolute Gasteiger partial charge is 0.416 e. The molecular formula is C78H42F6. The molecule has 0 unspecified atom stereocenters. The van der Waals surface area contributed by atoms with E-state index < -0.39 is 23.5 Å². The number of benzene rings is 15. The molecule has 0 N–H and O–H groups in total. The average Bonchev–Trinajstić information content (AvgIpc) is 1.52. The molecule has 396 valence electrons. The molecule has 15 aromatic rings. The van der Waals surface area contributed by atoms with Gasteiger partial charge < -0.3 is 0 Å². The van der Waals surface area contributed by atoms with E-state index >= 15 is 0 Å². The number of fused-ring (bicyclic) bond motifs is 10. The van der Waals surface area contributed by atoms with Crippen molar-refractivity contribution in [3.63, 3.8) is 0 Å². The third-order valence-corrected chi connectivity index (χ3v) is 17.9. The number of hydrogen-bond donors (Lipinski definition) is 0. The molecule has 0 bridgehead atoms. The second kappa shape index (κ2) is 17.6. The Morgan fingerprint density at radius 1 is 0.179 bits per heavy atom. The lowest BCUT2D eigenvalue weighted by molar-refractivity contribution is -0.138. The third-order valence-electron chi connectivity index (χ3n) is 17.9. The minimum atomic E-state index is -4.52. The quantitative estimate of drug-likeness (QED) is 0.0884. The molecule has 0 spiro atoms.